The number of nitrogens with zero attached hydrogens (tertiary/aromatic N) is 2. The molecule has 0 spiro atoms. The highest BCUT2D eigenvalue weighted by atomic mass is 32.2. The maximum absolute atomic E-state index is 11.0. The summed E-state index contributed by atoms with van der Waals surface area (Å²) in [5, 5.41) is 0. The Labute approximate surface area is 96.2 Å². The highest BCUT2D eigenvalue weighted by molar-refractivity contribution is 7.90. The van der Waals surface area contributed by atoms with Gasteiger partial charge in [0.1, 0.15) is 15.7 Å². The molecule has 2 N–H and O–H groups in total. The van der Waals surface area contributed by atoms with Crippen LogP contribution >= 0.6 is 0 Å². The number of pyridine rings is 1. The van der Waals surface area contributed by atoms with Crippen LogP contribution in [-0.4, -0.2) is 43.9 Å². The smallest absolute Gasteiger partial charge is 0.148 e. The Morgan fingerprint density at radius 3 is 2.75 bits per heavy atom. The lowest BCUT2D eigenvalue weighted by atomic mass is 10.2. The fourth-order valence-corrected chi connectivity index (χ4v) is 1.95. The second-order valence-electron chi connectivity index (χ2n) is 3.96. The van der Waals surface area contributed by atoms with Crippen molar-refractivity contribution in [2.45, 2.75) is 6.54 Å². The van der Waals surface area contributed by atoms with Crippen LogP contribution in [0.4, 0.5) is 5.82 Å². The standard InChI is InChI=1S/C10H17N3O2S/c1-13(5-6-16(2,14)15)8-9-3-4-12-10(11)7-9/h3-4,7H,5-6,8H2,1-2H3,(H2,11,12). The minimum atomic E-state index is -2.90. The van der Waals surface area contributed by atoms with Crippen LogP contribution in [0.2, 0.25) is 0 Å². The number of aromatic nitrogens is 1. The molecule has 0 saturated carbocycles. The van der Waals surface area contributed by atoms with Crippen molar-refractivity contribution in [1.82, 2.24) is 9.88 Å². The molecule has 0 radical (unpaired) electrons. The van der Waals surface area contributed by atoms with Crippen molar-refractivity contribution in [3.8, 4) is 0 Å². The van der Waals surface area contributed by atoms with E-state index in [2.05, 4.69) is 4.98 Å². The van der Waals surface area contributed by atoms with E-state index in [9.17, 15) is 8.42 Å². The zero-order valence-electron chi connectivity index (χ0n) is 9.55. The first-order chi connectivity index (χ1) is 7.37. The minimum absolute atomic E-state index is 0.171. The van der Waals surface area contributed by atoms with Crippen LogP contribution in [0.1, 0.15) is 5.56 Å². The van der Waals surface area contributed by atoms with Crippen molar-refractivity contribution < 1.29 is 8.42 Å². The number of hydrogen-bond donors (Lipinski definition) is 1. The van der Waals surface area contributed by atoms with Gasteiger partial charge in [-0.3, -0.25) is 0 Å². The third kappa shape index (κ3) is 5.09. The van der Waals surface area contributed by atoms with Gasteiger partial charge >= 0.3 is 0 Å². The molecule has 0 aliphatic heterocycles. The summed E-state index contributed by atoms with van der Waals surface area (Å²) < 4.78 is 22.0. The van der Waals surface area contributed by atoms with Gasteiger partial charge in [-0.25, -0.2) is 13.4 Å². The second-order valence-corrected chi connectivity index (χ2v) is 6.22. The summed E-state index contributed by atoms with van der Waals surface area (Å²) in [6, 6.07) is 3.66. The Hall–Kier alpha value is -1.14. The van der Waals surface area contributed by atoms with Crippen LogP contribution in [-0.2, 0) is 16.4 Å². The summed E-state index contributed by atoms with van der Waals surface area (Å²) in [6.07, 6.45) is 2.89. The molecule has 1 heterocycles. The quantitative estimate of drug-likeness (QED) is 0.796. The molecule has 0 amide bonds. The van der Waals surface area contributed by atoms with E-state index in [1.165, 1.54) is 6.26 Å². The van der Waals surface area contributed by atoms with Gasteiger partial charge in [-0.05, 0) is 24.7 Å². The summed E-state index contributed by atoms with van der Waals surface area (Å²) in [4.78, 5) is 5.84. The van der Waals surface area contributed by atoms with Crippen LogP contribution in [0, 0.1) is 0 Å². The molecule has 1 rings (SSSR count). The Morgan fingerprint density at radius 2 is 2.19 bits per heavy atom. The molecule has 16 heavy (non-hydrogen) atoms. The maximum Gasteiger partial charge on any atom is 0.148 e. The lowest BCUT2D eigenvalue weighted by Gasteiger charge is -2.15. The number of rotatable bonds is 5. The number of nitrogen functional groups attached to an aromatic ring is 1. The van der Waals surface area contributed by atoms with Crippen LogP contribution in [0.3, 0.4) is 0 Å². The largest absolute Gasteiger partial charge is 0.384 e. The van der Waals surface area contributed by atoms with E-state index in [1.807, 2.05) is 18.0 Å². The van der Waals surface area contributed by atoms with E-state index in [4.69, 9.17) is 5.73 Å². The average molecular weight is 243 g/mol. The Morgan fingerprint density at radius 1 is 1.50 bits per heavy atom. The van der Waals surface area contributed by atoms with E-state index >= 15 is 0 Å². The minimum Gasteiger partial charge on any atom is -0.384 e. The predicted molar refractivity (Wildman–Crippen MR) is 64.7 cm³/mol. The third-order valence-electron chi connectivity index (χ3n) is 2.14. The molecular weight excluding hydrogens is 226 g/mol. The van der Waals surface area contributed by atoms with E-state index in [-0.39, 0.29) is 5.75 Å². The van der Waals surface area contributed by atoms with Gasteiger partial charge in [-0.15, -0.1) is 0 Å². The monoisotopic (exact) mass is 243 g/mol. The first kappa shape index (κ1) is 12.9. The summed E-state index contributed by atoms with van der Waals surface area (Å²) in [5.74, 6) is 0.651. The van der Waals surface area contributed by atoms with Gasteiger partial charge in [-0.1, -0.05) is 0 Å². The molecular formula is C10H17N3O2S. The van der Waals surface area contributed by atoms with Gasteiger partial charge in [0.25, 0.3) is 0 Å². The highest BCUT2D eigenvalue weighted by Crippen LogP contribution is 2.05. The number of anilines is 1. The molecule has 0 atom stereocenters. The second kappa shape index (κ2) is 5.27. The Balaban J connectivity index is 2.49. The van der Waals surface area contributed by atoms with Gasteiger partial charge in [0, 0.05) is 25.5 Å². The van der Waals surface area contributed by atoms with Crippen molar-refractivity contribution in [2.75, 3.05) is 31.3 Å². The predicted octanol–water partition coefficient (Wildman–Crippen LogP) is 0.140. The molecule has 5 nitrogen and oxygen atoms in total. The molecule has 90 valence electrons. The first-order valence-corrected chi connectivity index (χ1v) is 6.99. The number of sulfone groups is 1. The fourth-order valence-electron chi connectivity index (χ4n) is 1.31. The summed E-state index contributed by atoms with van der Waals surface area (Å²) in [7, 11) is -1.02. The summed E-state index contributed by atoms with van der Waals surface area (Å²) >= 11 is 0. The van der Waals surface area contributed by atoms with Crippen LogP contribution in [0.25, 0.3) is 0 Å². The van der Waals surface area contributed by atoms with Crippen LogP contribution in [0.5, 0.6) is 0 Å². The highest BCUT2D eigenvalue weighted by Gasteiger charge is 2.06. The summed E-state index contributed by atoms with van der Waals surface area (Å²) in [6.45, 7) is 1.18. The van der Waals surface area contributed by atoms with Gasteiger partial charge in [-0.2, -0.15) is 0 Å². The Bertz CT molecular complexity index is 445. The van der Waals surface area contributed by atoms with Crippen molar-refractivity contribution in [2.24, 2.45) is 0 Å². The zero-order chi connectivity index (χ0) is 12.2. The molecule has 0 unspecified atom stereocenters. The summed E-state index contributed by atoms with van der Waals surface area (Å²) in [5.41, 5.74) is 6.58. The van der Waals surface area contributed by atoms with E-state index in [0.29, 0.717) is 18.9 Å². The van der Waals surface area contributed by atoms with Gasteiger partial charge in [0.15, 0.2) is 0 Å². The molecule has 0 fully saturated rings. The third-order valence-corrected chi connectivity index (χ3v) is 3.07. The van der Waals surface area contributed by atoms with E-state index in [0.717, 1.165) is 5.56 Å². The maximum atomic E-state index is 11.0. The molecule has 1 aromatic rings. The number of hydrogen-bond acceptors (Lipinski definition) is 5. The molecule has 0 aromatic carbocycles. The average Bonchev–Trinajstić information content (AvgIpc) is 2.14. The number of nitrogens with two attached hydrogens (primary N) is 1. The normalized spacial score (nSPS) is 11.9. The lowest BCUT2D eigenvalue weighted by molar-refractivity contribution is 0.346. The van der Waals surface area contributed by atoms with Crippen LogP contribution < -0.4 is 5.73 Å². The SMILES string of the molecule is CN(CCS(C)(=O)=O)Cc1ccnc(N)c1. The van der Waals surface area contributed by atoms with Gasteiger partial charge in [0.05, 0.1) is 5.75 Å². The first-order valence-electron chi connectivity index (χ1n) is 4.93. The fraction of sp³-hybridized carbons (Fsp3) is 0.500. The van der Waals surface area contributed by atoms with Crippen molar-refractivity contribution in [3.63, 3.8) is 0 Å². The Kier molecular flexibility index (Phi) is 4.26. The van der Waals surface area contributed by atoms with Gasteiger partial charge in [0.2, 0.25) is 0 Å². The van der Waals surface area contributed by atoms with E-state index in [1.54, 1.807) is 12.3 Å². The van der Waals surface area contributed by atoms with Crippen molar-refractivity contribution >= 4 is 15.7 Å². The van der Waals surface area contributed by atoms with Crippen molar-refractivity contribution in [3.05, 3.63) is 23.9 Å². The molecule has 0 aliphatic carbocycles. The van der Waals surface area contributed by atoms with Crippen LogP contribution in [0.15, 0.2) is 18.3 Å². The lowest BCUT2D eigenvalue weighted by Crippen LogP contribution is -2.24. The molecule has 0 saturated heterocycles. The molecule has 6 heteroatoms. The van der Waals surface area contributed by atoms with E-state index < -0.39 is 9.84 Å². The van der Waals surface area contributed by atoms with Gasteiger partial charge < -0.3 is 10.6 Å². The molecule has 0 aliphatic rings. The zero-order valence-corrected chi connectivity index (χ0v) is 10.4. The topological polar surface area (TPSA) is 76.3 Å². The van der Waals surface area contributed by atoms with Crippen molar-refractivity contribution in [1.29, 1.82) is 0 Å². The molecule has 0 bridgehead atoms. The molecule has 1 aromatic heterocycles.